The summed E-state index contributed by atoms with van der Waals surface area (Å²) in [5.74, 6) is 0.235. The van der Waals surface area contributed by atoms with Crippen LogP contribution in [0.2, 0.25) is 5.02 Å². The number of thioether (sulfide) groups is 1. The molecule has 4 aromatic rings. The fourth-order valence-corrected chi connectivity index (χ4v) is 4.25. The van der Waals surface area contributed by atoms with Crippen LogP contribution >= 0.6 is 34.7 Å². The minimum atomic E-state index is -0.345. The fourth-order valence-electron chi connectivity index (χ4n) is 2.60. The summed E-state index contributed by atoms with van der Waals surface area (Å²) in [4.78, 5) is 30.6. The Kier molecular flexibility index (Phi) is 5.47. The third-order valence-electron chi connectivity index (χ3n) is 3.98. The normalized spacial score (nSPS) is 10.9. The van der Waals surface area contributed by atoms with Crippen LogP contribution in [0.5, 0.6) is 0 Å². The van der Waals surface area contributed by atoms with Crippen molar-refractivity contribution in [3.63, 3.8) is 0 Å². The van der Waals surface area contributed by atoms with Crippen LogP contribution in [0.4, 0.5) is 0 Å². The molecule has 0 fully saturated rings. The van der Waals surface area contributed by atoms with Crippen molar-refractivity contribution >= 4 is 51.5 Å². The standard InChI is InChI=1S/C20H14ClN3O2S2/c21-14-9-7-13(8-10-14)12-28-20-22-16-5-2-1-4-15(16)19(26)24(20)23-18(25)17-6-3-11-27-17/h1-11H,12H2,(H,23,25). The molecule has 0 spiro atoms. The molecule has 0 unspecified atom stereocenters. The topological polar surface area (TPSA) is 64.0 Å². The van der Waals surface area contributed by atoms with Crippen molar-refractivity contribution in [2.75, 3.05) is 5.43 Å². The van der Waals surface area contributed by atoms with Crippen LogP contribution in [-0.4, -0.2) is 15.6 Å². The second kappa shape index (κ2) is 8.18. The largest absolute Gasteiger partial charge is 0.281 e. The van der Waals surface area contributed by atoms with Gasteiger partial charge in [0.05, 0.1) is 15.8 Å². The molecule has 2 heterocycles. The van der Waals surface area contributed by atoms with Crippen molar-refractivity contribution in [1.29, 1.82) is 0 Å². The Labute approximate surface area is 174 Å². The smallest absolute Gasteiger partial charge is 0.267 e. The Morgan fingerprint density at radius 3 is 2.64 bits per heavy atom. The summed E-state index contributed by atoms with van der Waals surface area (Å²) in [6.07, 6.45) is 0. The van der Waals surface area contributed by atoms with Crippen molar-refractivity contribution in [3.05, 3.63) is 91.9 Å². The summed E-state index contributed by atoms with van der Waals surface area (Å²) in [6.45, 7) is 0. The molecule has 5 nitrogen and oxygen atoms in total. The lowest BCUT2D eigenvalue weighted by Crippen LogP contribution is -2.34. The number of nitrogens with zero attached hydrogens (tertiary/aromatic N) is 2. The van der Waals surface area contributed by atoms with E-state index in [1.807, 2.05) is 35.7 Å². The Balaban J connectivity index is 1.71. The SMILES string of the molecule is O=C(Nn1c(SCc2ccc(Cl)cc2)nc2ccccc2c1=O)c1cccs1. The maximum Gasteiger partial charge on any atom is 0.281 e. The first-order valence-electron chi connectivity index (χ1n) is 8.36. The maximum absolute atomic E-state index is 13.0. The highest BCUT2D eigenvalue weighted by Crippen LogP contribution is 2.23. The van der Waals surface area contributed by atoms with Gasteiger partial charge in [-0.15, -0.1) is 11.3 Å². The maximum atomic E-state index is 13.0. The second-order valence-corrected chi connectivity index (χ2v) is 8.21. The zero-order chi connectivity index (χ0) is 19.5. The number of fused-ring (bicyclic) bond motifs is 1. The number of rotatable bonds is 5. The lowest BCUT2D eigenvalue weighted by atomic mass is 10.2. The van der Waals surface area contributed by atoms with E-state index in [2.05, 4.69) is 10.4 Å². The predicted octanol–water partition coefficient (Wildman–Crippen LogP) is 4.79. The van der Waals surface area contributed by atoms with Gasteiger partial charge in [-0.2, -0.15) is 4.68 Å². The lowest BCUT2D eigenvalue weighted by molar-refractivity contribution is 0.101. The number of thiophene rings is 1. The summed E-state index contributed by atoms with van der Waals surface area (Å²) >= 11 is 8.62. The van der Waals surface area contributed by atoms with Crippen molar-refractivity contribution < 1.29 is 4.79 Å². The first kappa shape index (κ1) is 18.7. The van der Waals surface area contributed by atoms with Crippen molar-refractivity contribution in [2.45, 2.75) is 10.9 Å². The molecular formula is C20H14ClN3O2S2. The first-order chi connectivity index (χ1) is 13.6. The molecule has 28 heavy (non-hydrogen) atoms. The molecule has 0 aliphatic carbocycles. The summed E-state index contributed by atoms with van der Waals surface area (Å²) in [5.41, 5.74) is 4.00. The Morgan fingerprint density at radius 2 is 1.89 bits per heavy atom. The van der Waals surface area contributed by atoms with E-state index < -0.39 is 0 Å². The van der Waals surface area contributed by atoms with Gasteiger partial charge in [-0.25, -0.2) is 4.98 Å². The number of aromatic nitrogens is 2. The number of para-hydroxylation sites is 1. The molecule has 1 N–H and O–H groups in total. The van der Waals surface area contributed by atoms with E-state index in [-0.39, 0.29) is 11.5 Å². The van der Waals surface area contributed by atoms with E-state index in [9.17, 15) is 9.59 Å². The minimum Gasteiger partial charge on any atom is -0.267 e. The highest BCUT2D eigenvalue weighted by molar-refractivity contribution is 7.98. The van der Waals surface area contributed by atoms with E-state index in [4.69, 9.17) is 11.6 Å². The van der Waals surface area contributed by atoms with Crippen LogP contribution in [-0.2, 0) is 5.75 Å². The third kappa shape index (κ3) is 3.96. The number of halogens is 1. The van der Waals surface area contributed by atoms with Gasteiger partial charge in [0.25, 0.3) is 11.5 Å². The molecular weight excluding hydrogens is 414 g/mol. The molecule has 0 atom stereocenters. The van der Waals surface area contributed by atoms with Gasteiger partial charge in [-0.05, 0) is 41.3 Å². The Morgan fingerprint density at radius 1 is 1.11 bits per heavy atom. The fraction of sp³-hybridized carbons (Fsp3) is 0.0500. The van der Waals surface area contributed by atoms with E-state index >= 15 is 0 Å². The lowest BCUT2D eigenvalue weighted by Gasteiger charge is -2.13. The molecule has 2 aromatic heterocycles. The van der Waals surface area contributed by atoms with Crippen molar-refractivity contribution in [1.82, 2.24) is 9.66 Å². The molecule has 140 valence electrons. The molecule has 0 aliphatic heterocycles. The van der Waals surface area contributed by atoms with Crippen LogP contribution in [0, 0.1) is 0 Å². The Hall–Kier alpha value is -2.61. The summed E-state index contributed by atoms with van der Waals surface area (Å²) < 4.78 is 1.23. The quantitative estimate of drug-likeness (QED) is 0.367. The summed E-state index contributed by atoms with van der Waals surface area (Å²) in [5, 5.41) is 3.35. The van der Waals surface area contributed by atoms with Gasteiger partial charge in [0.2, 0.25) is 0 Å². The van der Waals surface area contributed by atoms with Gasteiger partial charge >= 0.3 is 0 Å². The number of nitrogens with one attached hydrogen (secondary N) is 1. The Bertz CT molecular complexity index is 1190. The second-order valence-electron chi connectivity index (χ2n) is 5.89. The van der Waals surface area contributed by atoms with Gasteiger partial charge in [0.15, 0.2) is 5.16 Å². The zero-order valence-corrected chi connectivity index (χ0v) is 16.9. The number of hydrogen-bond acceptors (Lipinski definition) is 5. The molecule has 0 aliphatic rings. The van der Waals surface area contributed by atoms with Gasteiger partial charge in [-0.1, -0.05) is 53.7 Å². The average Bonchev–Trinajstić information content (AvgIpc) is 3.25. The van der Waals surface area contributed by atoms with Crippen molar-refractivity contribution in [2.24, 2.45) is 0 Å². The van der Waals surface area contributed by atoms with Crippen LogP contribution in [0.1, 0.15) is 15.2 Å². The van der Waals surface area contributed by atoms with Gasteiger partial charge in [0, 0.05) is 10.8 Å². The number of benzene rings is 2. The number of carbonyl (C=O) groups is 1. The minimum absolute atomic E-state index is 0.311. The van der Waals surface area contributed by atoms with Crippen molar-refractivity contribution in [3.8, 4) is 0 Å². The number of carbonyl (C=O) groups excluding carboxylic acids is 1. The highest BCUT2D eigenvalue weighted by atomic mass is 35.5. The van der Waals surface area contributed by atoms with E-state index in [1.54, 1.807) is 30.3 Å². The van der Waals surface area contributed by atoms with Crippen LogP contribution in [0.15, 0.2) is 76.0 Å². The zero-order valence-electron chi connectivity index (χ0n) is 14.5. The first-order valence-corrected chi connectivity index (χ1v) is 10.6. The van der Waals surface area contributed by atoms with E-state index in [0.717, 1.165) is 5.56 Å². The third-order valence-corrected chi connectivity index (χ3v) is 6.11. The van der Waals surface area contributed by atoms with Crippen LogP contribution in [0.25, 0.3) is 10.9 Å². The van der Waals surface area contributed by atoms with E-state index in [0.29, 0.717) is 31.7 Å². The van der Waals surface area contributed by atoms with Gasteiger partial charge in [0.1, 0.15) is 0 Å². The molecule has 4 rings (SSSR count). The van der Waals surface area contributed by atoms with Crippen LogP contribution in [0.3, 0.4) is 0 Å². The van der Waals surface area contributed by atoms with Gasteiger partial charge in [-0.3, -0.25) is 15.0 Å². The summed E-state index contributed by atoms with van der Waals surface area (Å²) in [7, 11) is 0. The molecule has 0 saturated carbocycles. The van der Waals surface area contributed by atoms with Crippen LogP contribution < -0.4 is 11.0 Å². The molecule has 0 bridgehead atoms. The molecule has 1 amide bonds. The number of hydrogen-bond donors (Lipinski definition) is 1. The van der Waals surface area contributed by atoms with Gasteiger partial charge < -0.3 is 0 Å². The molecule has 0 radical (unpaired) electrons. The highest BCUT2D eigenvalue weighted by Gasteiger charge is 2.15. The molecule has 0 saturated heterocycles. The summed E-state index contributed by atoms with van der Waals surface area (Å²) in [6, 6.07) is 18.1. The number of amides is 1. The molecule has 2 aromatic carbocycles. The van der Waals surface area contributed by atoms with E-state index in [1.165, 1.54) is 27.8 Å². The molecule has 8 heteroatoms. The monoisotopic (exact) mass is 427 g/mol. The predicted molar refractivity (Wildman–Crippen MR) is 115 cm³/mol. The average molecular weight is 428 g/mol.